The molecule has 0 aromatic heterocycles. The van der Waals surface area contributed by atoms with Crippen LogP contribution in [0.1, 0.15) is 34.1 Å². The largest absolute Gasteiger partial charge is 0.472 e. The van der Waals surface area contributed by atoms with Crippen molar-refractivity contribution < 1.29 is 23.3 Å². The lowest BCUT2D eigenvalue weighted by atomic mass is 10.2. The minimum Gasteiger partial charge on any atom is -0.356 e. The predicted molar refractivity (Wildman–Crippen MR) is 64.5 cm³/mol. The number of amides is 1. The lowest BCUT2D eigenvalue weighted by molar-refractivity contribution is -0.123. The average Bonchev–Trinajstić information content (AvgIpc) is 2.14. The molecule has 0 aromatic rings. The summed E-state index contributed by atoms with van der Waals surface area (Å²) in [6.07, 6.45) is 0.0938. The van der Waals surface area contributed by atoms with Gasteiger partial charge in [-0.2, -0.15) is 0 Å². The molecule has 0 bridgehead atoms. The molecule has 6 nitrogen and oxygen atoms in total. The van der Waals surface area contributed by atoms with Crippen LogP contribution in [0.3, 0.4) is 0 Å². The van der Waals surface area contributed by atoms with Crippen molar-refractivity contribution >= 4 is 13.7 Å². The Morgan fingerprint density at radius 2 is 1.94 bits per heavy atom. The first-order valence-electron chi connectivity index (χ1n) is 5.68. The standard InChI is InChI=1S/C10H22NO5P/c1-8(2)10(12)11-6-5-7-15-17(13,14)16-9(3)4/h8-9H,5-7H2,1-4H3,(H,11,12)(H,13,14). The van der Waals surface area contributed by atoms with E-state index in [0.29, 0.717) is 13.0 Å². The van der Waals surface area contributed by atoms with Crippen molar-refractivity contribution in [1.82, 2.24) is 5.32 Å². The van der Waals surface area contributed by atoms with Crippen LogP contribution in [0.2, 0.25) is 0 Å². The molecule has 0 rings (SSSR count). The van der Waals surface area contributed by atoms with Crippen LogP contribution in [0.5, 0.6) is 0 Å². The molecule has 2 N–H and O–H groups in total. The molecule has 0 aliphatic heterocycles. The van der Waals surface area contributed by atoms with Gasteiger partial charge in [0, 0.05) is 12.5 Å². The predicted octanol–water partition coefficient (Wildman–Crippen LogP) is 1.69. The van der Waals surface area contributed by atoms with Gasteiger partial charge in [-0.25, -0.2) is 4.57 Å². The summed E-state index contributed by atoms with van der Waals surface area (Å²) in [4.78, 5) is 20.4. The zero-order valence-electron chi connectivity index (χ0n) is 10.8. The highest BCUT2D eigenvalue weighted by molar-refractivity contribution is 7.47. The summed E-state index contributed by atoms with van der Waals surface area (Å²) < 4.78 is 20.7. The second-order valence-electron chi connectivity index (χ2n) is 4.26. The van der Waals surface area contributed by atoms with Gasteiger partial charge >= 0.3 is 7.82 Å². The van der Waals surface area contributed by atoms with Gasteiger partial charge in [0.1, 0.15) is 0 Å². The molecule has 102 valence electrons. The van der Waals surface area contributed by atoms with Crippen molar-refractivity contribution in [2.24, 2.45) is 5.92 Å². The van der Waals surface area contributed by atoms with E-state index in [9.17, 15) is 14.3 Å². The van der Waals surface area contributed by atoms with Crippen molar-refractivity contribution in [3.63, 3.8) is 0 Å². The van der Waals surface area contributed by atoms with Crippen LogP contribution >= 0.6 is 7.82 Å². The van der Waals surface area contributed by atoms with Crippen LogP contribution in [-0.2, 0) is 18.4 Å². The Bertz CT molecular complexity index is 280. The fraction of sp³-hybridized carbons (Fsp3) is 0.900. The molecule has 0 spiro atoms. The van der Waals surface area contributed by atoms with E-state index in [1.54, 1.807) is 27.7 Å². The summed E-state index contributed by atoms with van der Waals surface area (Å²) in [6.45, 7) is 7.37. The fourth-order valence-electron chi connectivity index (χ4n) is 0.965. The summed E-state index contributed by atoms with van der Waals surface area (Å²) >= 11 is 0. The first kappa shape index (κ1) is 16.6. The highest BCUT2D eigenvalue weighted by Gasteiger charge is 2.22. The Morgan fingerprint density at radius 1 is 1.35 bits per heavy atom. The molecular weight excluding hydrogens is 245 g/mol. The second-order valence-corrected chi connectivity index (χ2v) is 5.66. The van der Waals surface area contributed by atoms with Crippen LogP contribution in [-0.4, -0.2) is 30.1 Å². The van der Waals surface area contributed by atoms with E-state index < -0.39 is 7.82 Å². The summed E-state index contributed by atoms with van der Waals surface area (Å²) in [5.74, 6) is -0.111. The van der Waals surface area contributed by atoms with Gasteiger partial charge in [0.2, 0.25) is 5.91 Å². The summed E-state index contributed by atoms with van der Waals surface area (Å²) in [6, 6.07) is 0. The SMILES string of the molecule is CC(C)OP(=O)(O)OCCCNC(=O)C(C)C. The third-order valence-electron chi connectivity index (χ3n) is 1.74. The van der Waals surface area contributed by atoms with Gasteiger partial charge in [-0.05, 0) is 20.3 Å². The Balaban J connectivity index is 3.64. The van der Waals surface area contributed by atoms with E-state index in [1.807, 2.05) is 0 Å². The maximum Gasteiger partial charge on any atom is 0.472 e. The normalized spacial score (nSPS) is 15.0. The minimum absolute atomic E-state index is 0.0457. The number of nitrogens with one attached hydrogen (secondary N) is 1. The molecular formula is C10H22NO5P. The molecule has 0 heterocycles. The van der Waals surface area contributed by atoms with Crippen LogP contribution in [0, 0.1) is 5.92 Å². The van der Waals surface area contributed by atoms with Crippen molar-refractivity contribution in [2.75, 3.05) is 13.2 Å². The topological polar surface area (TPSA) is 84.9 Å². The Morgan fingerprint density at radius 3 is 2.41 bits per heavy atom. The van der Waals surface area contributed by atoms with Crippen molar-refractivity contribution in [3.05, 3.63) is 0 Å². The molecule has 1 atom stereocenters. The Labute approximate surface area is 102 Å². The van der Waals surface area contributed by atoms with Gasteiger partial charge in [-0.3, -0.25) is 13.8 Å². The molecule has 0 aliphatic rings. The van der Waals surface area contributed by atoms with Gasteiger partial charge in [0.15, 0.2) is 0 Å². The van der Waals surface area contributed by atoms with E-state index in [4.69, 9.17) is 9.05 Å². The van der Waals surface area contributed by atoms with Crippen molar-refractivity contribution in [1.29, 1.82) is 0 Å². The Hall–Kier alpha value is -0.420. The Kier molecular flexibility index (Phi) is 7.63. The summed E-state index contributed by atoms with van der Waals surface area (Å²) in [7, 11) is -3.94. The van der Waals surface area contributed by atoms with Gasteiger partial charge in [0.05, 0.1) is 12.7 Å². The quantitative estimate of drug-likeness (QED) is 0.516. The molecule has 0 fully saturated rings. The number of hydrogen-bond acceptors (Lipinski definition) is 4. The van der Waals surface area contributed by atoms with Crippen molar-refractivity contribution in [3.8, 4) is 0 Å². The zero-order chi connectivity index (χ0) is 13.5. The van der Waals surface area contributed by atoms with Crippen molar-refractivity contribution in [2.45, 2.75) is 40.2 Å². The van der Waals surface area contributed by atoms with E-state index >= 15 is 0 Å². The molecule has 0 aromatic carbocycles. The minimum atomic E-state index is -3.94. The number of rotatable bonds is 8. The number of hydrogen-bond donors (Lipinski definition) is 2. The first-order chi connectivity index (χ1) is 7.74. The van der Waals surface area contributed by atoms with E-state index in [-0.39, 0.29) is 24.5 Å². The average molecular weight is 267 g/mol. The maximum atomic E-state index is 11.3. The first-order valence-corrected chi connectivity index (χ1v) is 7.17. The second kappa shape index (κ2) is 7.82. The fourth-order valence-corrected chi connectivity index (χ4v) is 1.92. The number of carbonyl (C=O) groups is 1. The molecule has 17 heavy (non-hydrogen) atoms. The zero-order valence-corrected chi connectivity index (χ0v) is 11.7. The summed E-state index contributed by atoms with van der Waals surface area (Å²) in [5, 5.41) is 2.68. The smallest absolute Gasteiger partial charge is 0.356 e. The monoisotopic (exact) mass is 267 g/mol. The molecule has 0 aliphatic carbocycles. The molecule has 1 amide bonds. The van der Waals surface area contributed by atoms with E-state index in [0.717, 1.165) is 0 Å². The van der Waals surface area contributed by atoms with Gasteiger partial charge in [0.25, 0.3) is 0 Å². The van der Waals surface area contributed by atoms with E-state index in [2.05, 4.69) is 5.32 Å². The van der Waals surface area contributed by atoms with E-state index in [1.165, 1.54) is 0 Å². The van der Waals surface area contributed by atoms with Gasteiger partial charge in [-0.15, -0.1) is 0 Å². The lowest BCUT2D eigenvalue weighted by Gasteiger charge is -2.14. The van der Waals surface area contributed by atoms with Crippen LogP contribution in [0.25, 0.3) is 0 Å². The highest BCUT2D eigenvalue weighted by Crippen LogP contribution is 2.44. The van der Waals surface area contributed by atoms with Gasteiger partial charge in [-0.1, -0.05) is 13.8 Å². The summed E-state index contributed by atoms with van der Waals surface area (Å²) in [5.41, 5.74) is 0. The maximum absolute atomic E-state index is 11.3. The third-order valence-corrected chi connectivity index (χ3v) is 2.94. The highest BCUT2D eigenvalue weighted by atomic mass is 31.2. The lowest BCUT2D eigenvalue weighted by Crippen LogP contribution is -2.29. The third kappa shape index (κ3) is 9.30. The molecule has 0 saturated carbocycles. The van der Waals surface area contributed by atoms with Crippen LogP contribution in [0.15, 0.2) is 0 Å². The molecule has 7 heteroatoms. The number of carbonyl (C=O) groups excluding carboxylic acids is 1. The number of phosphoric acid groups is 1. The van der Waals surface area contributed by atoms with Crippen LogP contribution in [0.4, 0.5) is 0 Å². The number of phosphoric ester groups is 1. The van der Waals surface area contributed by atoms with Crippen LogP contribution < -0.4 is 5.32 Å². The molecule has 1 unspecified atom stereocenters. The van der Waals surface area contributed by atoms with Gasteiger partial charge < -0.3 is 10.2 Å². The molecule has 0 saturated heterocycles. The molecule has 0 radical (unpaired) electrons.